The third-order valence-electron chi connectivity index (χ3n) is 3.47. The van der Waals surface area contributed by atoms with Crippen molar-refractivity contribution in [2.45, 2.75) is 24.8 Å². The van der Waals surface area contributed by atoms with Crippen molar-refractivity contribution in [2.75, 3.05) is 26.7 Å². The Morgan fingerprint density at radius 1 is 1.17 bits per heavy atom. The fourth-order valence-corrected chi connectivity index (χ4v) is 2.29. The Labute approximate surface area is 73.3 Å². The van der Waals surface area contributed by atoms with Crippen LogP contribution in [0.3, 0.4) is 0 Å². The van der Waals surface area contributed by atoms with E-state index < -0.39 is 0 Å². The summed E-state index contributed by atoms with van der Waals surface area (Å²) in [5.74, 6) is 0. The van der Waals surface area contributed by atoms with Gasteiger partial charge in [-0.1, -0.05) is 0 Å². The maximum Gasteiger partial charge on any atom is 0.210 e. The molecule has 2 saturated heterocycles. The monoisotopic (exact) mass is 168 g/mol. The number of piperidine rings is 1. The molecule has 0 aromatic carbocycles. The molecule has 3 nitrogen and oxygen atoms in total. The van der Waals surface area contributed by atoms with E-state index in [1.165, 1.54) is 19.3 Å². The van der Waals surface area contributed by atoms with Crippen LogP contribution in [0.1, 0.15) is 19.3 Å². The number of hydrogen-bond acceptors (Lipinski definition) is 2. The molecule has 0 saturated carbocycles. The van der Waals surface area contributed by atoms with Gasteiger partial charge in [-0.2, -0.15) is 0 Å². The molecule has 0 unspecified atom stereocenters. The predicted octanol–water partition coefficient (Wildman–Crippen LogP) is 0.313. The van der Waals surface area contributed by atoms with E-state index in [0.29, 0.717) is 0 Å². The second-order valence-electron chi connectivity index (χ2n) is 4.08. The molecule has 0 aliphatic carbocycles. The molecule has 2 aliphatic rings. The van der Waals surface area contributed by atoms with Gasteiger partial charge in [-0.3, -0.25) is 4.79 Å². The summed E-state index contributed by atoms with van der Waals surface area (Å²) in [7, 11) is 2.15. The van der Waals surface area contributed by atoms with Crippen LogP contribution in [-0.4, -0.2) is 48.4 Å². The van der Waals surface area contributed by atoms with E-state index in [1.807, 2.05) is 4.90 Å². The normalized spacial score (nSPS) is 28.6. The highest BCUT2D eigenvalue weighted by molar-refractivity contribution is 5.51. The van der Waals surface area contributed by atoms with E-state index in [-0.39, 0.29) is 5.54 Å². The zero-order chi connectivity index (χ0) is 8.60. The van der Waals surface area contributed by atoms with Crippen molar-refractivity contribution < 1.29 is 4.79 Å². The highest BCUT2D eigenvalue weighted by Gasteiger charge is 2.45. The average molecular weight is 168 g/mol. The van der Waals surface area contributed by atoms with Gasteiger partial charge in [0, 0.05) is 25.2 Å². The minimum Gasteiger partial charge on any atom is -0.339 e. The van der Waals surface area contributed by atoms with Crippen LogP contribution in [0.2, 0.25) is 0 Å². The number of amides is 1. The molecule has 2 aliphatic heterocycles. The van der Waals surface area contributed by atoms with Gasteiger partial charge in [-0.05, 0) is 26.3 Å². The summed E-state index contributed by atoms with van der Waals surface area (Å²) in [5.41, 5.74) is 0.272. The fourth-order valence-electron chi connectivity index (χ4n) is 2.29. The molecule has 0 bridgehead atoms. The Balaban J connectivity index is 1.99. The van der Waals surface area contributed by atoms with Crippen molar-refractivity contribution in [1.29, 1.82) is 0 Å². The van der Waals surface area contributed by atoms with Crippen LogP contribution in [0.5, 0.6) is 0 Å². The lowest BCUT2D eigenvalue weighted by atomic mass is 9.77. The minimum atomic E-state index is 0.272. The van der Waals surface area contributed by atoms with Gasteiger partial charge in [-0.15, -0.1) is 0 Å². The first-order chi connectivity index (χ1) is 5.77. The van der Waals surface area contributed by atoms with E-state index >= 15 is 0 Å². The van der Waals surface area contributed by atoms with Crippen molar-refractivity contribution in [3.63, 3.8) is 0 Å². The highest BCUT2D eigenvalue weighted by Crippen LogP contribution is 2.38. The number of nitrogens with zero attached hydrogens (tertiary/aromatic N) is 2. The molecule has 0 radical (unpaired) electrons. The zero-order valence-electron chi connectivity index (χ0n) is 7.62. The van der Waals surface area contributed by atoms with Crippen LogP contribution in [0.15, 0.2) is 0 Å². The van der Waals surface area contributed by atoms with Crippen LogP contribution < -0.4 is 0 Å². The highest BCUT2D eigenvalue weighted by atomic mass is 16.1. The SMILES string of the molecule is CN1CCC2(CC1)CCN2C=O. The lowest BCUT2D eigenvalue weighted by Gasteiger charge is -2.54. The summed E-state index contributed by atoms with van der Waals surface area (Å²) in [6.07, 6.45) is 4.58. The average Bonchev–Trinajstić information content (AvgIpc) is 2.05. The van der Waals surface area contributed by atoms with Gasteiger partial charge in [0.2, 0.25) is 6.41 Å². The maximum atomic E-state index is 10.7. The number of hydrogen-bond donors (Lipinski definition) is 0. The van der Waals surface area contributed by atoms with Crippen LogP contribution >= 0.6 is 0 Å². The Morgan fingerprint density at radius 3 is 2.17 bits per heavy atom. The first-order valence-electron chi connectivity index (χ1n) is 4.67. The second kappa shape index (κ2) is 2.73. The van der Waals surface area contributed by atoms with E-state index in [9.17, 15) is 4.79 Å². The molecule has 0 N–H and O–H groups in total. The third kappa shape index (κ3) is 1.04. The van der Waals surface area contributed by atoms with Gasteiger partial charge in [0.25, 0.3) is 0 Å². The molecule has 0 aromatic heterocycles. The topological polar surface area (TPSA) is 23.6 Å². The predicted molar refractivity (Wildman–Crippen MR) is 46.8 cm³/mol. The standard InChI is InChI=1S/C9H16N2O/c1-10-5-2-9(3-6-10)4-7-11(9)8-12/h8H,2-7H2,1H3. The van der Waals surface area contributed by atoms with Gasteiger partial charge < -0.3 is 9.80 Å². The van der Waals surface area contributed by atoms with Gasteiger partial charge >= 0.3 is 0 Å². The molecular weight excluding hydrogens is 152 g/mol. The van der Waals surface area contributed by atoms with Crippen molar-refractivity contribution in [2.24, 2.45) is 0 Å². The summed E-state index contributed by atoms with van der Waals surface area (Å²) >= 11 is 0. The summed E-state index contributed by atoms with van der Waals surface area (Å²) in [6, 6.07) is 0. The van der Waals surface area contributed by atoms with Gasteiger partial charge in [0.05, 0.1) is 0 Å². The molecule has 68 valence electrons. The molecule has 2 rings (SSSR count). The Kier molecular flexibility index (Phi) is 1.83. The van der Waals surface area contributed by atoms with Crippen molar-refractivity contribution in [3.05, 3.63) is 0 Å². The Bertz CT molecular complexity index is 185. The van der Waals surface area contributed by atoms with Gasteiger partial charge in [0.15, 0.2) is 0 Å². The van der Waals surface area contributed by atoms with Gasteiger partial charge in [0.1, 0.15) is 0 Å². The van der Waals surface area contributed by atoms with Crippen molar-refractivity contribution in [3.8, 4) is 0 Å². The summed E-state index contributed by atoms with van der Waals surface area (Å²) in [4.78, 5) is 15.0. The lowest BCUT2D eigenvalue weighted by molar-refractivity contribution is -0.137. The molecule has 0 atom stereocenters. The van der Waals surface area contributed by atoms with Crippen molar-refractivity contribution >= 4 is 6.41 Å². The smallest absolute Gasteiger partial charge is 0.210 e. The Hall–Kier alpha value is -0.570. The zero-order valence-corrected chi connectivity index (χ0v) is 7.62. The lowest BCUT2D eigenvalue weighted by Crippen LogP contribution is -2.63. The molecule has 12 heavy (non-hydrogen) atoms. The number of likely N-dealkylation sites (tertiary alicyclic amines) is 2. The summed E-state index contributed by atoms with van der Waals surface area (Å²) < 4.78 is 0. The summed E-state index contributed by atoms with van der Waals surface area (Å²) in [5, 5.41) is 0. The molecule has 0 aromatic rings. The van der Waals surface area contributed by atoms with Crippen LogP contribution in [0, 0.1) is 0 Å². The fraction of sp³-hybridized carbons (Fsp3) is 0.889. The quantitative estimate of drug-likeness (QED) is 0.526. The summed E-state index contributed by atoms with van der Waals surface area (Å²) in [6.45, 7) is 3.27. The number of carbonyl (C=O) groups is 1. The molecule has 2 fully saturated rings. The van der Waals surface area contributed by atoms with Gasteiger partial charge in [-0.25, -0.2) is 0 Å². The maximum absolute atomic E-state index is 10.7. The minimum absolute atomic E-state index is 0.272. The Morgan fingerprint density at radius 2 is 1.75 bits per heavy atom. The second-order valence-corrected chi connectivity index (χ2v) is 4.08. The molecule has 2 heterocycles. The van der Waals surface area contributed by atoms with E-state index in [2.05, 4.69) is 11.9 Å². The van der Waals surface area contributed by atoms with Crippen LogP contribution in [0.4, 0.5) is 0 Å². The molecular formula is C9H16N2O. The third-order valence-corrected chi connectivity index (χ3v) is 3.47. The molecule has 3 heteroatoms. The van der Waals surface area contributed by atoms with E-state index in [1.54, 1.807) is 0 Å². The van der Waals surface area contributed by atoms with Crippen molar-refractivity contribution in [1.82, 2.24) is 9.80 Å². The van der Waals surface area contributed by atoms with E-state index in [4.69, 9.17) is 0 Å². The molecule has 1 amide bonds. The number of rotatable bonds is 1. The first-order valence-corrected chi connectivity index (χ1v) is 4.67. The molecule has 1 spiro atoms. The number of carbonyl (C=O) groups excluding carboxylic acids is 1. The van der Waals surface area contributed by atoms with Crippen LogP contribution in [0.25, 0.3) is 0 Å². The van der Waals surface area contributed by atoms with Crippen LogP contribution in [-0.2, 0) is 4.79 Å². The largest absolute Gasteiger partial charge is 0.339 e. The van der Waals surface area contributed by atoms with E-state index in [0.717, 1.165) is 26.0 Å². The first kappa shape index (κ1) is 8.05.